The van der Waals surface area contributed by atoms with Crippen molar-refractivity contribution in [1.29, 1.82) is 0 Å². The molecule has 2 aliphatic heterocycles. The van der Waals surface area contributed by atoms with Gasteiger partial charge in [-0.15, -0.1) is 0 Å². The van der Waals surface area contributed by atoms with Crippen LogP contribution in [0.1, 0.15) is 60.3 Å². The van der Waals surface area contributed by atoms with Gasteiger partial charge in [-0.3, -0.25) is 0 Å². The Labute approximate surface area is 120 Å². The molecular weight excluding hydrogens is 232 g/mol. The Morgan fingerprint density at radius 2 is 1.53 bits per heavy atom. The fourth-order valence-corrected chi connectivity index (χ4v) is 3.73. The Bertz CT molecular complexity index is 276. The van der Waals surface area contributed by atoms with Crippen LogP contribution in [-0.4, -0.2) is 48.6 Å². The van der Waals surface area contributed by atoms with Crippen LogP contribution in [0.2, 0.25) is 0 Å². The zero-order valence-corrected chi connectivity index (χ0v) is 13.8. The number of likely N-dealkylation sites (tertiary alicyclic amines) is 2. The summed E-state index contributed by atoms with van der Waals surface area (Å²) in [5.41, 5.74) is 0.984. The topological polar surface area (TPSA) is 6.48 Å². The molecule has 2 aliphatic rings. The van der Waals surface area contributed by atoms with Crippen molar-refractivity contribution in [3.8, 4) is 0 Å². The Hall–Kier alpha value is -0.0800. The first kappa shape index (κ1) is 15.3. The lowest BCUT2D eigenvalue weighted by Gasteiger charge is -2.50. The molecule has 19 heavy (non-hydrogen) atoms. The summed E-state index contributed by atoms with van der Waals surface area (Å²) in [6.07, 6.45) is 5.54. The number of hydrogen-bond acceptors (Lipinski definition) is 2. The molecule has 0 atom stereocenters. The average Bonchev–Trinajstić information content (AvgIpc) is 2.39. The molecule has 0 spiro atoms. The first-order valence-electron chi connectivity index (χ1n) is 8.32. The van der Waals surface area contributed by atoms with Gasteiger partial charge in [-0.25, -0.2) is 0 Å². The predicted octanol–water partition coefficient (Wildman–Crippen LogP) is 3.62. The summed E-state index contributed by atoms with van der Waals surface area (Å²) in [5.74, 6) is 0. The van der Waals surface area contributed by atoms with E-state index in [1.54, 1.807) is 0 Å². The summed E-state index contributed by atoms with van der Waals surface area (Å²) in [4.78, 5) is 5.39. The quantitative estimate of drug-likeness (QED) is 0.753. The monoisotopic (exact) mass is 266 g/mol. The first-order chi connectivity index (χ1) is 8.86. The maximum Gasteiger partial charge on any atom is 0.0120 e. The van der Waals surface area contributed by atoms with E-state index < -0.39 is 0 Å². The van der Waals surface area contributed by atoms with Crippen LogP contribution in [0.25, 0.3) is 0 Å². The van der Waals surface area contributed by atoms with Crippen molar-refractivity contribution in [2.45, 2.75) is 66.3 Å². The van der Waals surface area contributed by atoms with E-state index in [1.165, 1.54) is 58.4 Å². The summed E-state index contributed by atoms with van der Waals surface area (Å²) in [6.45, 7) is 18.6. The van der Waals surface area contributed by atoms with Gasteiger partial charge in [-0.05, 0) is 69.2 Å². The van der Waals surface area contributed by atoms with E-state index in [0.29, 0.717) is 10.8 Å². The van der Waals surface area contributed by atoms with Gasteiger partial charge in [0.2, 0.25) is 0 Å². The molecule has 0 aromatic rings. The van der Waals surface area contributed by atoms with E-state index in [-0.39, 0.29) is 0 Å². The molecule has 112 valence electrons. The molecule has 2 saturated heterocycles. The zero-order valence-electron chi connectivity index (χ0n) is 13.8. The Balaban J connectivity index is 1.84. The lowest BCUT2D eigenvalue weighted by molar-refractivity contribution is -0.00448. The van der Waals surface area contributed by atoms with Gasteiger partial charge >= 0.3 is 0 Å². The van der Waals surface area contributed by atoms with E-state index in [9.17, 15) is 0 Å². The van der Waals surface area contributed by atoms with E-state index in [1.807, 2.05) is 0 Å². The minimum atomic E-state index is 0.449. The van der Waals surface area contributed by atoms with E-state index in [0.717, 1.165) is 6.04 Å². The van der Waals surface area contributed by atoms with Gasteiger partial charge < -0.3 is 9.80 Å². The van der Waals surface area contributed by atoms with Crippen LogP contribution in [-0.2, 0) is 0 Å². The van der Waals surface area contributed by atoms with Crippen molar-refractivity contribution < 1.29 is 0 Å². The number of hydrogen-bond donors (Lipinski definition) is 0. The third-order valence-electron chi connectivity index (χ3n) is 6.23. The molecule has 2 heterocycles. The second-order valence-electron chi connectivity index (χ2n) is 8.01. The van der Waals surface area contributed by atoms with Crippen molar-refractivity contribution >= 4 is 0 Å². The van der Waals surface area contributed by atoms with Gasteiger partial charge in [0, 0.05) is 6.04 Å². The van der Waals surface area contributed by atoms with Crippen LogP contribution in [0.5, 0.6) is 0 Å². The Morgan fingerprint density at radius 3 is 1.95 bits per heavy atom. The van der Waals surface area contributed by atoms with Crippen LogP contribution in [0.4, 0.5) is 0 Å². The second kappa shape index (κ2) is 5.73. The van der Waals surface area contributed by atoms with Gasteiger partial charge in [0.1, 0.15) is 0 Å². The molecule has 2 nitrogen and oxygen atoms in total. The largest absolute Gasteiger partial charge is 0.303 e. The smallest absolute Gasteiger partial charge is 0.0120 e. The molecule has 0 saturated carbocycles. The minimum absolute atomic E-state index is 0.449. The lowest BCUT2D eigenvalue weighted by atomic mass is 9.62. The maximum atomic E-state index is 2.79. The number of rotatable bonds is 2. The lowest BCUT2D eigenvalue weighted by Crippen LogP contribution is -2.51. The average molecular weight is 266 g/mol. The highest BCUT2D eigenvalue weighted by Gasteiger charge is 2.41. The van der Waals surface area contributed by atoms with Crippen molar-refractivity contribution in [3.05, 3.63) is 0 Å². The van der Waals surface area contributed by atoms with Gasteiger partial charge in [0.15, 0.2) is 0 Å². The molecule has 0 amide bonds. The van der Waals surface area contributed by atoms with Crippen LogP contribution in [0.3, 0.4) is 0 Å². The number of nitrogens with zero attached hydrogens (tertiary/aromatic N) is 2. The third kappa shape index (κ3) is 3.33. The molecule has 0 aromatic heterocycles. The summed E-state index contributed by atoms with van der Waals surface area (Å²) in [5, 5.41) is 0. The maximum absolute atomic E-state index is 2.79. The highest BCUT2D eigenvalue weighted by molar-refractivity contribution is 4.93. The molecule has 2 heteroatoms. The Morgan fingerprint density at radius 1 is 1.00 bits per heavy atom. The molecule has 2 fully saturated rings. The molecule has 0 aromatic carbocycles. The van der Waals surface area contributed by atoms with E-state index in [2.05, 4.69) is 44.4 Å². The Kier molecular flexibility index (Phi) is 4.62. The molecule has 0 N–H and O–H groups in total. The number of piperidine rings is 2. The van der Waals surface area contributed by atoms with Crippen molar-refractivity contribution in [3.63, 3.8) is 0 Å². The van der Waals surface area contributed by atoms with E-state index in [4.69, 9.17) is 0 Å². The van der Waals surface area contributed by atoms with E-state index >= 15 is 0 Å². The SMILES string of the molecule is CCN1CCC(N2CCC(C)(C(C)(C)C)CC2)CC1. The first-order valence-corrected chi connectivity index (χ1v) is 8.32. The summed E-state index contributed by atoms with van der Waals surface area (Å²) in [7, 11) is 0. The molecule has 0 bridgehead atoms. The third-order valence-corrected chi connectivity index (χ3v) is 6.23. The normalized spacial score (nSPS) is 27.6. The molecular formula is C17H34N2. The van der Waals surface area contributed by atoms with Gasteiger partial charge in [0.05, 0.1) is 0 Å². The van der Waals surface area contributed by atoms with Crippen molar-refractivity contribution in [2.75, 3.05) is 32.7 Å². The molecule has 0 radical (unpaired) electrons. The summed E-state index contributed by atoms with van der Waals surface area (Å²) in [6, 6.07) is 0.868. The van der Waals surface area contributed by atoms with Crippen LogP contribution in [0.15, 0.2) is 0 Å². The highest BCUT2D eigenvalue weighted by atomic mass is 15.2. The fraction of sp³-hybridized carbons (Fsp3) is 1.00. The fourth-order valence-electron chi connectivity index (χ4n) is 3.73. The van der Waals surface area contributed by atoms with Gasteiger partial charge in [-0.2, -0.15) is 0 Å². The molecule has 0 aliphatic carbocycles. The predicted molar refractivity (Wildman–Crippen MR) is 83.5 cm³/mol. The zero-order chi connectivity index (χ0) is 14.1. The van der Waals surface area contributed by atoms with Crippen LogP contribution < -0.4 is 0 Å². The van der Waals surface area contributed by atoms with Gasteiger partial charge in [0.25, 0.3) is 0 Å². The second-order valence-corrected chi connectivity index (χ2v) is 8.01. The molecule has 2 rings (SSSR count). The standard InChI is InChI=1S/C17H34N2/c1-6-18-11-7-15(8-12-18)19-13-9-17(5,10-14-19)16(2,3)4/h15H,6-14H2,1-5H3. The van der Waals surface area contributed by atoms with Crippen LogP contribution in [0, 0.1) is 10.8 Å². The minimum Gasteiger partial charge on any atom is -0.303 e. The highest BCUT2D eigenvalue weighted by Crippen LogP contribution is 2.46. The van der Waals surface area contributed by atoms with Gasteiger partial charge in [-0.1, -0.05) is 34.6 Å². The van der Waals surface area contributed by atoms with Crippen LogP contribution >= 0.6 is 0 Å². The van der Waals surface area contributed by atoms with Crippen molar-refractivity contribution in [1.82, 2.24) is 9.80 Å². The summed E-state index contributed by atoms with van der Waals surface area (Å²) < 4.78 is 0. The summed E-state index contributed by atoms with van der Waals surface area (Å²) >= 11 is 0. The molecule has 0 unspecified atom stereocenters. The van der Waals surface area contributed by atoms with Crippen molar-refractivity contribution in [2.24, 2.45) is 10.8 Å².